The minimum Gasteiger partial charge on any atom is -0.497 e. The van der Waals surface area contributed by atoms with Crippen LogP contribution in [0.1, 0.15) is 20.8 Å². The predicted molar refractivity (Wildman–Crippen MR) is 100 cm³/mol. The standard InChI is InChI=1S/C19H16BrNO5/c1-24-11-7-8-13(16(9-11)25-2)15(22)10-26-19(23)18-17(20)12-5-3-4-6-14(12)21-18/h3-9,21H,10H2,1-2H3. The third-order valence-electron chi connectivity index (χ3n) is 3.89. The minimum atomic E-state index is -0.617. The summed E-state index contributed by atoms with van der Waals surface area (Å²) in [7, 11) is 2.98. The summed E-state index contributed by atoms with van der Waals surface area (Å²) in [6.45, 7) is -0.399. The monoisotopic (exact) mass is 417 g/mol. The van der Waals surface area contributed by atoms with Crippen LogP contribution in [0.3, 0.4) is 0 Å². The molecule has 0 bridgehead atoms. The molecule has 0 saturated carbocycles. The van der Waals surface area contributed by atoms with Crippen molar-refractivity contribution in [2.24, 2.45) is 0 Å². The van der Waals surface area contributed by atoms with E-state index in [0.717, 1.165) is 10.9 Å². The number of ketones is 1. The lowest BCUT2D eigenvalue weighted by Crippen LogP contribution is -2.15. The molecule has 0 aliphatic carbocycles. The SMILES string of the molecule is COc1ccc(C(=O)COC(=O)c2[nH]c3ccccc3c2Br)c(OC)c1. The largest absolute Gasteiger partial charge is 0.497 e. The summed E-state index contributed by atoms with van der Waals surface area (Å²) >= 11 is 3.39. The zero-order chi connectivity index (χ0) is 18.7. The maximum Gasteiger partial charge on any atom is 0.356 e. The van der Waals surface area contributed by atoms with Crippen molar-refractivity contribution in [2.75, 3.05) is 20.8 Å². The number of fused-ring (bicyclic) bond motifs is 1. The number of ether oxygens (including phenoxy) is 3. The summed E-state index contributed by atoms with van der Waals surface area (Å²) in [4.78, 5) is 27.7. The number of aromatic amines is 1. The molecule has 0 unspecified atom stereocenters. The molecule has 7 heteroatoms. The molecule has 0 amide bonds. The van der Waals surface area contributed by atoms with Crippen LogP contribution in [-0.4, -0.2) is 37.6 Å². The topological polar surface area (TPSA) is 77.6 Å². The lowest BCUT2D eigenvalue weighted by molar-refractivity contribution is 0.0468. The zero-order valence-corrected chi connectivity index (χ0v) is 15.8. The van der Waals surface area contributed by atoms with Gasteiger partial charge in [0.15, 0.2) is 6.61 Å². The van der Waals surface area contributed by atoms with Crippen LogP contribution in [0.4, 0.5) is 0 Å². The van der Waals surface area contributed by atoms with Gasteiger partial charge in [-0.25, -0.2) is 4.79 Å². The molecule has 0 aliphatic heterocycles. The third kappa shape index (κ3) is 3.43. The second kappa shape index (κ2) is 7.61. The summed E-state index contributed by atoms with van der Waals surface area (Å²) in [5.41, 5.74) is 1.38. The fourth-order valence-electron chi connectivity index (χ4n) is 2.56. The Bertz CT molecular complexity index is 979. The van der Waals surface area contributed by atoms with Gasteiger partial charge in [-0.05, 0) is 34.1 Å². The van der Waals surface area contributed by atoms with Crippen molar-refractivity contribution in [2.45, 2.75) is 0 Å². The van der Waals surface area contributed by atoms with E-state index in [4.69, 9.17) is 14.2 Å². The number of Topliss-reactive ketones (excluding diaryl/α,β-unsaturated/α-hetero) is 1. The van der Waals surface area contributed by atoms with Gasteiger partial charge in [0.2, 0.25) is 5.78 Å². The molecule has 26 heavy (non-hydrogen) atoms. The van der Waals surface area contributed by atoms with Gasteiger partial charge in [0, 0.05) is 17.0 Å². The van der Waals surface area contributed by atoms with E-state index in [2.05, 4.69) is 20.9 Å². The highest BCUT2D eigenvalue weighted by atomic mass is 79.9. The highest BCUT2D eigenvalue weighted by Gasteiger charge is 2.20. The highest BCUT2D eigenvalue weighted by molar-refractivity contribution is 9.10. The normalized spacial score (nSPS) is 10.6. The Morgan fingerprint density at radius 2 is 1.85 bits per heavy atom. The Kier molecular flexibility index (Phi) is 5.27. The first kappa shape index (κ1) is 18.0. The van der Waals surface area contributed by atoms with Crippen LogP contribution in [0.5, 0.6) is 11.5 Å². The first-order valence-electron chi connectivity index (χ1n) is 7.73. The molecule has 0 radical (unpaired) electrons. The molecular weight excluding hydrogens is 402 g/mol. The van der Waals surface area contributed by atoms with E-state index in [0.29, 0.717) is 21.5 Å². The number of hydrogen-bond donors (Lipinski definition) is 1. The van der Waals surface area contributed by atoms with Gasteiger partial charge >= 0.3 is 5.97 Å². The van der Waals surface area contributed by atoms with E-state index < -0.39 is 12.6 Å². The molecule has 1 heterocycles. The lowest BCUT2D eigenvalue weighted by Gasteiger charge is -2.10. The second-order valence-corrected chi connectivity index (χ2v) is 6.22. The summed E-state index contributed by atoms with van der Waals surface area (Å²) in [5, 5.41) is 0.864. The van der Waals surface area contributed by atoms with Crippen molar-refractivity contribution < 1.29 is 23.8 Å². The van der Waals surface area contributed by atoms with Crippen LogP contribution in [0.15, 0.2) is 46.9 Å². The van der Waals surface area contributed by atoms with Crippen molar-refractivity contribution in [3.8, 4) is 11.5 Å². The van der Waals surface area contributed by atoms with Crippen molar-refractivity contribution in [3.63, 3.8) is 0 Å². The Morgan fingerprint density at radius 1 is 1.08 bits per heavy atom. The summed E-state index contributed by atoms with van der Waals surface area (Å²) in [5.74, 6) is -0.0615. The number of aromatic nitrogens is 1. The van der Waals surface area contributed by atoms with Crippen LogP contribution < -0.4 is 9.47 Å². The molecule has 3 aromatic rings. The molecule has 0 saturated heterocycles. The number of benzene rings is 2. The second-order valence-electron chi connectivity index (χ2n) is 5.43. The summed E-state index contributed by atoms with van der Waals surface area (Å²) in [6.07, 6.45) is 0. The maximum absolute atomic E-state index is 12.4. The van der Waals surface area contributed by atoms with E-state index in [9.17, 15) is 9.59 Å². The van der Waals surface area contributed by atoms with E-state index >= 15 is 0 Å². The van der Waals surface area contributed by atoms with Gasteiger partial charge in [-0.2, -0.15) is 0 Å². The van der Waals surface area contributed by atoms with Gasteiger partial charge in [-0.15, -0.1) is 0 Å². The molecule has 1 N–H and O–H groups in total. The average molecular weight is 418 g/mol. The number of carbonyl (C=O) groups excluding carboxylic acids is 2. The first-order valence-corrected chi connectivity index (χ1v) is 8.53. The number of nitrogens with one attached hydrogen (secondary N) is 1. The quantitative estimate of drug-likeness (QED) is 0.484. The number of hydrogen-bond acceptors (Lipinski definition) is 5. The Balaban J connectivity index is 1.75. The van der Waals surface area contributed by atoms with Crippen LogP contribution >= 0.6 is 15.9 Å². The molecule has 0 fully saturated rings. The molecule has 0 aliphatic rings. The number of rotatable bonds is 6. The van der Waals surface area contributed by atoms with Crippen molar-refractivity contribution in [3.05, 3.63) is 58.2 Å². The lowest BCUT2D eigenvalue weighted by atomic mass is 10.1. The summed E-state index contributed by atoms with van der Waals surface area (Å²) < 4.78 is 16.1. The van der Waals surface area contributed by atoms with Crippen LogP contribution in [0.25, 0.3) is 10.9 Å². The molecule has 3 rings (SSSR count). The van der Waals surface area contributed by atoms with Gasteiger partial charge in [0.05, 0.1) is 24.3 Å². The number of H-pyrrole nitrogens is 1. The van der Waals surface area contributed by atoms with Crippen LogP contribution in [0, 0.1) is 0 Å². The maximum atomic E-state index is 12.4. The van der Waals surface area contributed by atoms with Gasteiger partial charge in [0.25, 0.3) is 0 Å². The van der Waals surface area contributed by atoms with Crippen molar-refractivity contribution in [1.29, 1.82) is 0 Å². The van der Waals surface area contributed by atoms with Gasteiger partial charge in [-0.3, -0.25) is 4.79 Å². The molecular formula is C19H16BrNO5. The van der Waals surface area contributed by atoms with Crippen LogP contribution in [-0.2, 0) is 4.74 Å². The fourth-order valence-corrected chi connectivity index (χ4v) is 3.17. The zero-order valence-electron chi connectivity index (χ0n) is 14.2. The molecule has 2 aromatic carbocycles. The van der Waals surface area contributed by atoms with Gasteiger partial charge in [0.1, 0.15) is 17.2 Å². The first-order chi connectivity index (χ1) is 12.5. The Labute approximate surface area is 158 Å². The molecule has 6 nitrogen and oxygen atoms in total. The predicted octanol–water partition coefficient (Wildman–Crippen LogP) is 3.99. The minimum absolute atomic E-state index is 0.265. The number of para-hydroxylation sites is 1. The third-order valence-corrected chi connectivity index (χ3v) is 4.71. The van der Waals surface area contributed by atoms with Gasteiger partial charge in [-0.1, -0.05) is 18.2 Å². The van der Waals surface area contributed by atoms with E-state index in [1.54, 1.807) is 18.2 Å². The Morgan fingerprint density at radius 3 is 2.54 bits per heavy atom. The van der Waals surface area contributed by atoms with Crippen molar-refractivity contribution >= 4 is 38.6 Å². The average Bonchev–Trinajstić information content (AvgIpc) is 3.02. The number of carbonyl (C=O) groups is 2. The highest BCUT2D eigenvalue weighted by Crippen LogP contribution is 2.28. The van der Waals surface area contributed by atoms with Crippen molar-refractivity contribution in [1.82, 2.24) is 4.98 Å². The van der Waals surface area contributed by atoms with E-state index in [-0.39, 0.29) is 11.5 Å². The molecule has 0 atom stereocenters. The smallest absolute Gasteiger partial charge is 0.356 e. The number of methoxy groups -OCH3 is 2. The Hall–Kier alpha value is -2.80. The fraction of sp³-hybridized carbons (Fsp3) is 0.158. The van der Waals surface area contributed by atoms with E-state index in [1.807, 2.05) is 24.3 Å². The van der Waals surface area contributed by atoms with Gasteiger partial charge < -0.3 is 19.2 Å². The number of esters is 1. The molecule has 0 spiro atoms. The number of halogens is 1. The van der Waals surface area contributed by atoms with Crippen LogP contribution in [0.2, 0.25) is 0 Å². The molecule has 1 aromatic heterocycles. The van der Waals surface area contributed by atoms with E-state index in [1.165, 1.54) is 14.2 Å². The summed E-state index contributed by atoms with van der Waals surface area (Å²) in [6, 6.07) is 12.3. The molecule has 134 valence electrons.